The first-order chi connectivity index (χ1) is 15.1. The van der Waals surface area contributed by atoms with Crippen LogP contribution in [0, 0.1) is 0 Å². The molecule has 0 N–H and O–H groups in total. The molecule has 3 heterocycles. The molecule has 0 spiro atoms. The minimum atomic E-state index is 0.0534. The average molecular weight is 417 g/mol. The van der Waals surface area contributed by atoms with Crippen LogP contribution < -0.4 is 4.74 Å². The lowest BCUT2D eigenvalue weighted by atomic mass is 9.99. The quantitative estimate of drug-likeness (QED) is 0.656. The molecule has 0 saturated heterocycles. The number of carbonyl (C=O) groups excluding carboxylic acids is 1. The van der Waals surface area contributed by atoms with Gasteiger partial charge in [0.05, 0.1) is 7.11 Å². The summed E-state index contributed by atoms with van der Waals surface area (Å²) >= 11 is 0. The van der Waals surface area contributed by atoms with E-state index in [9.17, 15) is 4.79 Å². The van der Waals surface area contributed by atoms with Crippen LogP contribution >= 0.6 is 0 Å². The number of amides is 1. The minimum absolute atomic E-state index is 0.0534. The van der Waals surface area contributed by atoms with E-state index in [-0.39, 0.29) is 5.91 Å². The molecule has 0 unspecified atom stereocenters. The van der Waals surface area contributed by atoms with E-state index in [1.807, 2.05) is 34.8 Å². The Balaban J connectivity index is 1.34. The van der Waals surface area contributed by atoms with Crippen LogP contribution in [0.3, 0.4) is 0 Å². The molecule has 0 aliphatic carbocycles. The summed E-state index contributed by atoms with van der Waals surface area (Å²) in [7, 11) is 3.64. The monoisotopic (exact) mass is 416 g/mol. The molecule has 6 heteroatoms. The molecule has 6 nitrogen and oxygen atoms in total. The highest BCUT2D eigenvalue weighted by Crippen LogP contribution is 2.27. The third-order valence-corrected chi connectivity index (χ3v) is 6.51. The number of rotatable bonds is 4. The topological polar surface area (TPSA) is 50.6 Å². The normalized spacial score (nSPS) is 16.0. The largest absolute Gasteiger partial charge is 0.497 e. The molecule has 160 valence electrons. The zero-order chi connectivity index (χ0) is 21.4. The molecule has 2 aliphatic heterocycles. The Labute approximate surface area is 183 Å². The molecule has 2 aromatic carbocycles. The second kappa shape index (κ2) is 8.19. The fourth-order valence-corrected chi connectivity index (χ4v) is 4.76. The Hall–Kier alpha value is -3.12. The molecule has 5 rings (SSSR count). The van der Waals surface area contributed by atoms with Gasteiger partial charge in [-0.05, 0) is 35.2 Å². The summed E-state index contributed by atoms with van der Waals surface area (Å²) in [4.78, 5) is 17.8. The van der Waals surface area contributed by atoms with Gasteiger partial charge >= 0.3 is 0 Å². The van der Waals surface area contributed by atoms with E-state index in [1.54, 1.807) is 7.11 Å². The molecule has 2 aliphatic rings. The van der Waals surface area contributed by atoms with Gasteiger partial charge in [0.2, 0.25) is 0 Å². The van der Waals surface area contributed by atoms with E-state index >= 15 is 0 Å². The number of methoxy groups -OCH3 is 1. The molecule has 0 fully saturated rings. The maximum Gasteiger partial charge on any atom is 0.275 e. The van der Waals surface area contributed by atoms with Gasteiger partial charge < -0.3 is 9.64 Å². The predicted molar refractivity (Wildman–Crippen MR) is 119 cm³/mol. The Morgan fingerprint density at radius 2 is 1.77 bits per heavy atom. The molecule has 0 bridgehead atoms. The fourth-order valence-electron chi connectivity index (χ4n) is 4.76. The average Bonchev–Trinajstić information content (AvgIpc) is 3.14. The van der Waals surface area contributed by atoms with Crippen molar-refractivity contribution in [2.75, 3.05) is 20.2 Å². The summed E-state index contributed by atoms with van der Waals surface area (Å²) < 4.78 is 7.17. The number of hydrogen-bond acceptors (Lipinski definition) is 4. The number of aryl methyl sites for hydroxylation is 1. The van der Waals surface area contributed by atoms with E-state index < -0.39 is 0 Å². The summed E-state index contributed by atoms with van der Waals surface area (Å²) in [5.74, 6) is 0.922. The van der Waals surface area contributed by atoms with Crippen LogP contribution in [0.4, 0.5) is 0 Å². The summed E-state index contributed by atoms with van der Waals surface area (Å²) in [6.07, 6.45) is 1.81. The van der Waals surface area contributed by atoms with Gasteiger partial charge in [-0.15, -0.1) is 0 Å². The smallest absolute Gasteiger partial charge is 0.275 e. The third-order valence-electron chi connectivity index (χ3n) is 6.51. The first-order valence-electron chi connectivity index (χ1n) is 10.9. The van der Waals surface area contributed by atoms with Crippen LogP contribution in [0.25, 0.3) is 0 Å². The van der Waals surface area contributed by atoms with E-state index in [4.69, 9.17) is 4.74 Å². The second-order valence-electron chi connectivity index (χ2n) is 8.45. The molecule has 3 aromatic rings. The lowest BCUT2D eigenvalue weighted by Gasteiger charge is -2.30. The van der Waals surface area contributed by atoms with Gasteiger partial charge in [0.1, 0.15) is 5.75 Å². The highest BCUT2D eigenvalue weighted by atomic mass is 16.5. The lowest BCUT2D eigenvalue weighted by molar-refractivity contribution is 0.0725. The van der Waals surface area contributed by atoms with Crippen LogP contribution in [0.15, 0.2) is 48.5 Å². The number of nitrogens with zero attached hydrogens (tertiary/aromatic N) is 4. The van der Waals surface area contributed by atoms with E-state index in [0.29, 0.717) is 12.2 Å². The van der Waals surface area contributed by atoms with Crippen molar-refractivity contribution in [3.63, 3.8) is 0 Å². The van der Waals surface area contributed by atoms with Gasteiger partial charge in [0.15, 0.2) is 5.69 Å². The van der Waals surface area contributed by atoms with Crippen LogP contribution in [-0.2, 0) is 39.5 Å². The van der Waals surface area contributed by atoms with E-state index in [1.165, 1.54) is 22.4 Å². The third kappa shape index (κ3) is 3.83. The highest BCUT2D eigenvalue weighted by Gasteiger charge is 2.31. The summed E-state index contributed by atoms with van der Waals surface area (Å²) in [6, 6.07) is 16.6. The fraction of sp³-hybridized carbons (Fsp3) is 0.360. The Morgan fingerprint density at radius 3 is 2.55 bits per heavy atom. The van der Waals surface area contributed by atoms with Crippen molar-refractivity contribution in [3.8, 4) is 5.75 Å². The Morgan fingerprint density at radius 1 is 1.00 bits per heavy atom. The van der Waals surface area contributed by atoms with Crippen molar-refractivity contribution in [1.82, 2.24) is 19.6 Å². The SMILES string of the molecule is COc1ccc(CN2CCc3c(c(C(=O)N4CCc5ccccc5C4)nn3C)C2)cc1. The maximum absolute atomic E-state index is 13.4. The van der Waals surface area contributed by atoms with Crippen molar-refractivity contribution in [3.05, 3.63) is 82.2 Å². The highest BCUT2D eigenvalue weighted by molar-refractivity contribution is 5.94. The number of fused-ring (bicyclic) bond motifs is 2. The predicted octanol–water partition coefficient (Wildman–Crippen LogP) is 3.19. The number of hydrogen-bond donors (Lipinski definition) is 0. The van der Waals surface area contributed by atoms with Crippen molar-refractivity contribution in [2.45, 2.75) is 32.5 Å². The number of benzene rings is 2. The molecule has 1 amide bonds. The Bertz CT molecular complexity index is 1100. The van der Waals surface area contributed by atoms with Gasteiger partial charge in [0.25, 0.3) is 5.91 Å². The molecular weight excluding hydrogens is 388 g/mol. The summed E-state index contributed by atoms with van der Waals surface area (Å²) in [5, 5.41) is 4.67. The molecular formula is C25H28N4O2. The maximum atomic E-state index is 13.4. The molecule has 31 heavy (non-hydrogen) atoms. The van der Waals surface area contributed by atoms with Crippen molar-refractivity contribution >= 4 is 5.91 Å². The van der Waals surface area contributed by atoms with E-state index in [0.717, 1.165) is 50.3 Å². The van der Waals surface area contributed by atoms with Crippen LogP contribution in [0.5, 0.6) is 5.75 Å². The van der Waals surface area contributed by atoms with Gasteiger partial charge in [-0.2, -0.15) is 5.10 Å². The van der Waals surface area contributed by atoms with Crippen LogP contribution in [0.2, 0.25) is 0 Å². The minimum Gasteiger partial charge on any atom is -0.497 e. The van der Waals surface area contributed by atoms with Gasteiger partial charge in [-0.1, -0.05) is 36.4 Å². The van der Waals surface area contributed by atoms with Gasteiger partial charge in [0, 0.05) is 57.4 Å². The summed E-state index contributed by atoms with van der Waals surface area (Å²) in [6.45, 7) is 3.97. The van der Waals surface area contributed by atoms with Crippen molar-refractivity contribution < 1.29 is 9.53 Å². The summed E-state index contributed by atoms with van der Waals surface area (Å²) in [5.41, 5.74) is 6.73. The Kier molecular flexibility index (Phi) is 5.24. The molecule has 0 atom stereocenters. The zero-order valence-electron chi connectivity index (χ0n) is 18.2. The van der Waals surface area contributed by atoms with Gasteiger partial charge in [-0.25, -0.2) is 0 Å². The molecule has 0 radical (unpaired) electrons. The second-order valence-corrected chi connectivity index (χ2v) is 8.45. The first-order valence-corrected chi connectivity index (χ1v) is 10.9. The number of ether oxygens (including phenoxy) is 1. The van der Waals surface area contributed by atoms with Crippen LogP contribution in [-0.4, -0.2) is 45.7 Å². The number of aromatic nitrogens is 2. The zero-order valence-corrected chi connectivity index (χ0v) is 18.2. The number of carbonyl (C=O) groups is 1. The van der Waals surface area contributed by atoms with Crippen molar-refractivity contribution in [2.24, 2.45) is 7.05 Å². The first kappa shape index (κ1) is 19.8. The van der Waals surface area contributed by atoms with Gasteiger partial charge in [-0.3, -0.25) is 14.4 Å². The molecule has 1 aromatic heterocycles. The molecule has 0 saturated carbocycles. The standard InChI is InChI=1S/C25H28N4O2/c1-27-23-12-13-28(15-18-7-9-21(31-2)10-8-18)17-22(23)24(26-27)25(30)29-14-11-19-5-3-4-6-20(19)16-29/h3-10H,11-17H2,1-2H3. The van der Waals surface area contributed by atoms with Crippen molar-refractivity contribution in [1.29, 1.82) is 0 Å². The van der Waals surface area contributed by atoms with E-state index in [2.05, 4.69) is 40.3 Å². The lowest BCUT2D eigenvalue weighted by Crippen LogP contribution is -2.37. The van der Waals surface area contributed by atoms with Crippen LogP contribution in [0.1, 0.15) is 38.4 Å².